The number of methoxy groups -OCH3 is 1. The molecule has 0 saturated heterocycles. The summed E-state index contributed by atoms with van der Waals surface area (Å²) < 4.78 is 11.5. The summed E-state index contributed by atoms with van der Waals surface area (Å²) in [6.45, 7) is 2.50. The molecular formula is C18H28N2O3. The van der Waals surface area contributed by atoms with Crippen molar-refractivity contribution in [1.82, 2.24) is 5.32 Å². The van der Waals surface area contributed by atoms with Crippen molar-refractivity contribution in [3.63, 3.8) is 0 Å². The smallest absolute Gasteiger partial charge is 0.220 e. The highest BCUT2D eigenvalue weighted by molar-refractivity contribution is 5.76. The number of hydrogen-bond acceptors (Lipinski definition) is 4. The molecular weight excluding hydrogens is 292 g/mol. The highest BCUT2D eigenvalue weighted by atomic mass is 16.5. The van der Waals surface area contributed by atoms with Gasteiger partial charge in [0.15, 0.2) is 11.5 Å². The van der Waals surface area contributed by atoms with E-state index in [1.165, 1.54) is 12.8 Å². The lowest BCUT2D eigenvalue weighted by Gasteiger charge is -2.19. The summed E-state index contributed by atoms with van der Waals surface area (Å²) in [5, 5.41) is 2.98. The van der Waals surface area contributed by atoms with Crippen LogP contribution in [-0.2, 0) is 4.79 Å². The van der Waals surface area contributed by atoms with Crippen LogP contribution < -0.4 is 20.5 Å². The molecule has 1 saturated carbocycles. The number of amides is 1. The van der Waals surface area contributed by atoms with Gasteiger partial charge < -0.3 is 20.5 Å². The first-order chi connectivity index (χ1) is 11.1. The topological polar surface area (TPSA) is 73.6 Å². The molecule has 1 fully saturated rings. The first-order valence-corrected chi connectivity index (χ1v) is 8.48. The number of hydrogen-bond donors (Lipinski definition) is 2. The van der Waals surface area contributed by atoms with E-state index in [2.05, 4.69) is 5.32 Å². The molecule has 1 aromatic carbocycles. The highest BCUT2D eigenvalue weighted by Crippen LogP contribution is 2.33. The lowest BCUT2D eigenvalue weighted by atomic mass is 10.1. The van der Waals surface area contributed by atoms with Crippen molar-refractivity contribution >= 4 is 5.91 Å². The van der Waals surface area contributed by atoms with E-state index >= 15 is 0 Å². The Hall–Kier alpha value is -1.75. The van der Waals surface area contributed by atoms with E-state index in [1.807, 2.05) is 25.1 Å². The van der Waals surface area contributed by atoms with Gasteiger partial charge in [-0.05, 0) is 63.3 Å². The van der Waals surface area contributed by atoms with Gasteiger partial charge in [-0.3, -0.25) is 4.79 Å². The minimum absolute atomic E-state index is 0.0215. The molecule has 5 nitrogen and oxygen atoms in total. The second-order valence-corrected chi connectivity index (χ2v) is 6.12. The Bertz CT molecular complexity index is 513. The SMILES string of the molecule is COc1cc(C(C)NC(=O)CCCN)ccc1OC1CCCC1. The average molecular weight is 320 g/mol. The number of nitrogens with one attached hydrogen (secondary N) is 1. The molecule has 1 unspecified atom stereocenters. The maximum absolute atomic E-state index is 11.8. The number of nitrogens with two attached hydrogens (primary N) is 1. The van der Waals surface area contributed by atoms with Gasteiger partial charge in [-0.2, -0.15) is 0 Å². The molecule has 0 aromatic heterocycles. The van der Waals surface area contributed by atoms with E-state index in [9.17, 15) is 4.79 Å². The normalized spacial score (nSPS) is 16.1. The molecule has 0 heterocycles. The minimum Gasteiger partial charge on any atom is -0.493 e. The second kappa shape index (κ2) is 8.77. The summed E-state index contributed by atoms with van der Waals surface area (Å²) in [6.07, 6.45) is 6.14. The van der Waals surface area contributed by atoms with Crippen LogP contribution in [-0.4, -0.2) is 25.7 Å². The van der Waals surface area contributed by atoms with Crippen molar-refractivity contribution in [3.8, 4) is 11.5 Å². The van der Waals surface area contributed by atoms with Gasteiger partial charge in [0.1, 0.15) is 0 Å². The Morgan fingerprint density at radius 3 is 2.74 bits per heavy atom. The first kappa shape index (κ1) is 17.6. The Kier molecular flexibility index (Phi) is 6.71. The largest absolute Gasteiger partial charge is 0.493 e. The molecule has 1 atom stereocenters. The zero-order valence-electron chi connectivity index (χ0n) is 14.1. The summed E-state index contributed by atoms with van der Waals surface area (Å²) in [7, 11) is 1.64. The van der Waals surface area contributed by atoms with E-state index in [4.69, 9.17) is 15.2 Å². The van der Waals surface area contributed by atoms with Gasteiger partial charge in [0.25, 0.3) is 0 Å². The molecule has 0 bridgehead atoms. The number of carbonyl (C=O) groups is 1. The maximum atomic E-state index is 11.8. The number of rotatable bonds is 8. The van der Waals surface area contributed by atoms with E-state index in [-0.39, 0.29) is 11.9 Å². The third-order valence-corrected chi connectivity index (χ3v) is 4.27. The molecule has 5 heteroatoms. The lowest BCUT2D eigenvalue weighted by Crippen LogP contribution is -2.27. The van der Waals surface area contributed by atoms with Crippen LogP contribution in [0.15, 0.2) is 18.2 Å². The van der Waals surface area contributed by atoms with Crippen molar-refractivity contribution in [1.29, 1.82) is 0 Å². The zero-order valence-corrected chi connectivity index (χ0v) is 14.1. The summed E-state index contributed by atoms with van der Waals surface area (Å²) in [4.78, 5) is 11.8. The quantitative estimate of drug-likeness (QED) is 0.772. The third-order valence-electron chi connectivity index (χ3n) is 4.27. The van der Waals surface area contributed by atoms with E-state index in [0.717, 1.165) is 29.9 Å². The number of carbonyl (C=O) groups excluding carboxylic acids is 1. The predicted molar refractivity (Wildman–Crippen MR) is 90.7 cm³/mol. The Morgan fingerprint density at radius 1 is 1.35 bits per heavy atom. The third kappa shape index (κ3) is 5.13. The van der Waals surface area contributed by atoms with Crippen LogP contribution >= 0.6 is 0 Å². The standard InChI is InChI=1S/C18H28N2O3/c1-13(20-18(21)8-5-11-19)14-9-10-16(17(12-14)22-2)23-15-6-3-4-7-15/h9-10,12-13,15H,3-8,11,19H2,1-2H3,(H,20,21). The van der Waals surface area contributed by atoms with Crippen LogP contribution in [0.1, 0.15) is 57.1 Å². The number of benzene rings is 1. The van der Waals surface area contributed by atoms with Crippen molar-refractivity contribution in [2.24, 2.45) is 5.73 Å². The van der Waals surface area contributed by atoms with Crippen molar-refractivity contribution in [2.75, 3.05) is 13.7 Å². The summed E-state index contributed by atoms with van der Waals surface area (Å²) in [5.74, 6) is 1.52. The number of ether oxygens (including phenoxy) is 2. The lowest BCUT2D eigenvalue weighted by molar-refractivity contribution is -0.121. The van der Waals surface area contributed by atoms with Crippen LogP contribution in [0.2, 0.25) is 0 Å². The molecule has 1 amide bonds. The molecule has 23 heavy (non-hydrogen) atoms. The molecule has 128 valence electrons. The van der Waals surface area contributed by atoms with Gasteiger partial charge in [-0.15, -0.1) is 0 Å². The second-order valence-electron chi connectivity index (χ2n) is 6.12. The average Bonchev–Trinajstić information content (AvgIpc) is 3.06. The van der Waals surface area contributed by atoms with Crippen molar-refractivity contribution < 1.29 is 14.3 Å². The van der Waals surface area contributed by atoms with Gasteiger partial charge in [0.05, 0.1) is 19.3 Å². The maximum Gasteiger partial charge on any atom is 0.220 e. The predicted octanol–water partition coefficient (Wildman–Crippen LogP) is 2.93. The summed E-state index contributed by atoms with van der Waals surface area (Å²) in [6, 6.07) is 5.79. The molecule has 0 spiro atoms. The molecule has 0 aliphatic heterocycles. The Balaban J connectivity index is 2.00. The van der Waals surface area contributed by atoms with Gasteiger partial charge in [0.2, 0.25) is 5.91 Å². The summed E-state index contributed by atoms with van der Waals surface area (Å²) in [5.41, 5.74) is 6.43. The van der Waals surface area contributed by atoms with Gasteiger partial charge in [0, 0.05) is 6.42 Å². The van der Waals surface area contributed by atoms with Crippen molar-refractivity contribution in [2.45, 2.75) is 57.6 Å². The minimum atomic E-state index is -0.0743. The van der Waals surface area contributed by atoms with Crippen LogP contribution in [0.3, 0.4) is 0 Å². The Labute approximate surface area is 138 Å². The zero-order chi connectivity index (χ0) is 16.7. The van der Waals surface area contributed by atoms with Crippen LogP contribution in [0.4, 0.5) is 0 Å². The van der Waals surface area contributed by atoms with E-state index in [0.29, 0.717) is 25.5 Å². The van der Waals surface area contributed by atoms with Gasteiger partial charge in [-0.1, -0.05) is 6.07 Å². The highest BCUT2D eigenvalue weighted by Gasteiger charge is 2.19. The van der Waals surface area contributed by atoms with Gasteiger partial charge >= 0.3 is 0 Å². The molecule has 0 radical (unpaired) electrons. The molecule has 3 N–H and O–H groups in total. The molecule has 2 rings (SSSR count). The fraction of sp³-hybridized carbons (Fsp3) is 0.611. The molecule has 1 aliphatic carbocycles. The van der Waals surface area contributed by atoms with Crippen LogP contribution in [0.5, 0.6) is 11.5 Å². The fourth-order valence-corrected chi connectivity index (χ4v) is 2.90. The summed E-state index contributed by atoms with van der Waals surface area (Å²) >= 11 is 0. The van der Waals surface area contributed by atoms with Crippen LogP contribution in [0.25, 0.3) is 0 Å². The fourth-order valence-electron chi connectivity index (χ4n) is 2.90. The van der Waals surface area contributed by atoms with E-state index < -0.39 is 0 Å². The Morgan fingerprint density at radius 2 is 2.09 bits per heavy atom. The molecule has 1 aliphatic rings. The molecule has 1 aromatic rings. The van der Waals surface area contributed by atoms with E-state index in [1.54, 1.807) is 7.11 Å². The first-order valence-electron chi connectivity index (χ1n) is 8.48. The van der Waals surface area contributed by atoms with Gasteiger partial charge in [-0.25, -0.2) is 0 Å². The van der Waals surface area contributed by atoms with Crippen molar-refractivity contribution in [3.05, 3.63) is 23.8 Å². The monoisotopic (exact) mass is 320 g/mol. The van der Waals surface area contributed by atoms with Crippen LogP contribution in [0, 0.1) is 0 Å².